The van der Waals surface area contributed by atoms with Crippen LogP contribution in [-0.2, 0) is 14.9 Å². The zero-order valence-electron chi connectivity index (χ0n) is 8.30. The summed E-state index contributed by atoms with van der Waals surface area (Å²) in [6.45, 7) is 1.16. The van der Waals surface area contributed by atoms with Crippen LogP contribution in [0.5, 0.6) is 0 Å². The van der Waals surface area contributed by atoms with Crippen molar-refractivity contribution >= 4 is 21.9 Å². The van der Waals surface area contributed by atoms with Gasteiger partial charge in [0.05, 0.1) is 4.90 Å². The fourth-order valence-electron chi connectivity index (χ4n) is 1.03. The first-order valence-corrected chi connectivity index (χ1v) is 5.64. The van der Waals surface area contributed by atoms with Crippen molar-refractivity contribution < 1.29 is 22.6 Å². The summed E-state index contributed by atoms with van der Waals surface area (Å²) in [6, 6.07) is 4.73. The van der Waals surface area contributed by atoms with Gasteiger partial charge >= 0.3 is 0 Å². The fourth-order valence-corrected chi connectivity index (χ4v) is 1.56. The van der Waals surface area contributed by atoms with E-state index in [0.29, 0.717) is 0 Å². The van der Waals surface area contributed by atoms with Gasteiger partial charge in [-0.2, -0.15) is 8.42 Å². The first-order chi connectivity index (χ1) is 7.30. The van der Waals surface area contributed by atoms with E-state index < -0.39 is 26.8 Å². The van der Waals surface area contributed by atoms with Gasteiger partial charge in [-0.25, -0.2) is 0 Å². The standard InChI is InChI=1S/C9H9NO5S/c1-6(11)10-9(12)7-3-2-4-8(5-7)16(13,14)15/h2-5H,1H3,(H,10,11,12)(H,13,14,15). The molecule has 0 aliphatic rings. The molecule has 0 atom stereocenters. The van der Waals surface area contributed by atoms with E-state index in [1.807, 2.05) is 5.32 Å². The van der Waals surface area contributed by atoms with Crippen molar-refractivity contribution in [3.63, 3.8) is 0 Å². The molecule has 0 aliphatic heterocycles. The number of nitrogens with one attached hydrogen (secondary N) is 1. The van der Waals surface area contributed by atoms with Crippen LogP contribution in [0.1, 0.15) is 17.3 Å². The summed E-state index contributed by atoms with van der Waals surface area (Å²) in [5.41, 5.74) is -0.0228. The minimum atomic E-state index is -4.35. The molecule has 1 aromatic rings. The average Bonchev–Trinajstić information content (AvgIpc) is 2.15. The van der Waals surface area contributed by atoms with Gasteiger partial charge in [-0.3, -0.25) is 19.5 Å². The van der Waals surface area contributed by atoms with Crippen LogP contribution in [0.25, 0.3) is 0 Å². The normalized spacial score (nSPS) is 10.9. The van der Waals surface area contributed by atoms with Crippen LogP contribution in [0, 0.1) is 0 Å². The Kier molecular flexibility index (Phi) is 3.41. The van der Waals surface area contributed by atoms with E-state index in [1.54, 1.807) is 0 Å². The van der Waals surface area contributed by atoms with Crippen molar-refractivity contribution in [1.29, 1.82) is 0 Å². The molecule has 0 aromatic heterocycles. The minimum Gasteiger partial charge on any atom is -0.293 e. The van der Waals surface area contributed by atoms with Gasteiger partial charge in [0.15, 0.2) is 0 Å². The van der Waals surface area contributed by atoms with E-state index in [4.69, 9.17) is 4.55 Å². The van der Waals surface area contributed by atoms with E-state index in [-0.39, 0.29) is 5.56 Å². The SMILES string of the molecule is CC(=O)NC(=O)c1cccc(S(=O)(=O)O)c1. The molecule has 16 heavy (non-hydrogen) atoms. The fraction of sp³-hybridized carbons (Fsp3) is 0.111. The number of imide groups is 1. The highest BCUT2D eigenvalue weighted by Crippen LogP contribution is 2.10. The number of carbonyl (C=O) groups is 2. The van der Waals surface area contributed by atoms with Crippen molar-refractivity contribution in [2.24, 2.45) is 0 Å². The Labute approximate surface area is 92.0 Å². The molecule has 2 amide bonds. The van der Waals surface area contributed by atoms with Gasteiger partial charge in [0.2, 0.25) is 5.91 Å². The van der Waals surface area contributed by atoms with E-state index in [2.05, 4.69) is 0 Å². The van der Waals surface area contributed by atoms with Crippen molar-refractivity contribution in [2.45, 2.75) is 11.8 Å². The third-order valence-corrected chi connectivity index (χ3v) is 2.53. The van der Waals surface area contributed by atoms with Gasteiger partial charge in [0, 0.05) is 12.5 Å². The highest BCUT2D eigenvalue weighted by atomic mass is 32.2. The molecule has 0 saturated carbocycles. The maximum atomic E-state index is 11.3. The Balaban J connectivity index is 3.09. The first-order valence-electron chi connectivity index (χ1n) is 4.20. The predicted octanol–water partition coefficient (Wildman–Crippen LogP) is 0.210. The molecule has 0 radical (unpaired) electrons. The predicted molar refractivity (Wildman–Crippen MR) is 54.4 cm³/mol. The van der Waals surface area contributed by atoms with Gasteiger partial charge < -0.3 is 0 Å². The van der Waals surface area contributed by atoms with Crippen molar-refractivity contribution in [3.05, 3.63) is 29.8 Å². The quantitative estimate of drug-likeness (QED) is 0.723. The number of carbonyl (C=O) groups excluding carboxylic acids is 2. The van der Waals surface area contributed by atoms with Crippen molar-refractivity contribution in [3.8, 4) is 0 Å². The van der Waals surface area contributed by atoms with E-state index in [0.717, 1.165) is 19.1 Å². The third kappa shape index (κ3) is 3.14. The topological polar surface area (TPSA) is 101 Å². The van der Waals surface area contributed by atoms with Crippen LogP contribution in [0.3, 0.4) is 0 Å². The second-order valence-electron chi connectivity index (χ2n) is 3.01. The highest BCUT2D eigenvalue weighted by Gasteiger charge is 2.13. The summed E-state index contributed by atoms with van der Waals surface area (Å²) in [5.74, 6) is -1.28. The maximum Gasteiger partial charge on any atom is 0.294 e. The Morgan fingerprint density at radius 1 is 1.31 bits per heavy atom. The summed E-state index contributed by atoms with van der Waals surface area (Å²) < 4.78 is 30.3. The lowest BCUT2D eigenvalue weighted by atomic mass is 10.2. The average molecular weight is 243 g/mol. The molecular formula is C9H9NO5S. The van der Waals surface area contributed by atoms with Gasteiger partial charge in [0.1, 0.15) is 0 Å². The zero-order valence-corrected chi connectivity index (χ0v) is 9.11. The molecule has 7 heteroatoms. The number of rotatable bonds is 2. The van der Waals surface area contributed by atoms with Crippen LogP contribution < -0.4 is 5.32 Å². The van der Waals surface area contributed by atoms with E-state index >= 15 is 0 Å². The largest absolute Gasteiger partial charge is 0.294 e. The zero-order chi connectivity index (χ0) is 12.3. The third-order valence-electron chi connectivity index (χ3n) is 1.68. The first kappa shape index (κ1) is 12.3. The summed E-state index contributed by atoms with van der Waals surface area (Å²) in [5, 5.41) is 1.98. The molecule has 1 aromatic carbocycles. The van der Waals surface area contributed by atoms with Crippen LogP contribution in [-0.4, -0.2) is 24.8 Å². The lowest BCUT2D eigenvalue weighted by Gasteiger charge is -2.02. The minimum absolute atomic E-state index is 0.0228. The van der Waals surface area contributed by atoms with Crippen LogP contribution in [0.4, 0.5) is 0 Å². The van der Waals surface area contributed by atoms with Crippen LogP contribution in [0.2, 0.25) is 0 Å². The molecule has 0 saturated heterocycles. The number of hydrogen-bond donors (Lipinski definition) is 2. The molecule has 0 fully saturated rings. The molecule has 86 valence electrons. The molecule has 2 N–H and O–H groups in total. The maximum absolute atomic E-state index is 11.3. The Hall–Kier alpha value is -1.73. The Morgan fingerprint density at radius 3 is 2.44 bits per heavy atom. The Morgan fingerprint density at radius 2 is 1.94 bits per heavy atom. The van der Waals surface area contributed by atoms with Crippen molar-refractivity contribution in [2.75, 3.05) is 0 Å². The highest BCUT2D eigenvalue weighted by molar-refractivity contribution is 7.85. The van der Waals surface area contributed by atoms with Gasteiger partial charge in [0.25, 0.3) is 16.0 Å². The van der Waals surface area contributed by atoms with E-state index in [9.17, 15) is 18.0 Å². The van der Waals surface area contributed by atoms with E-state index in [1.165, 1.54) is 12.1 Å². The summed E-state index contributed by atoms with van der Waals surface area (Å²) in [6.07, 6.45) is 0. The van der Waals surface area contributed by atoms with Gasteiger partial charge in [-0.15, -0.1) is 0 Å². The Bertz CT molecular complexity index is 535. The number of benzene rings is 1. The summed E-state index contributed by atoms with van der Waals surface area (Å²) in [7, 11) is -4.35. The molecule has 0 aliphatic carbocycles. The number of amides is 2. The molecule has 0 unspecified atom stereocenters. The summed E-state index contributed by atoms with van der Waals surface area (Å²) >= 11 is 0. The lowest BCUT2D eigenvalue weighted by molar-refractivity contribution is -0.118. The molecule has 1 rings (SSSR count). The molecule has 0 bridgehead atoms. The second-order valence-corrected chi connectivity index (χ2v) is 4.43. The van der Waals surface area contributed by atoms with Crippen molar-refractivity contribution in [1.82, 2.24) is 5.32 Å². The molecule has 0 heterocycles. The second kappa shape index (κ2) is 4.42. The molecular weight excluding hydrogens is 234 g/mol. The van der Waals surface area contributed by atoms with Gasteiger partial charge in [-0.05, 0) is 18.2 Å². The monoisotopic (exact) mass is 243 g/mol. The van der Waals surface area contributed by atoms with Gasteiger partial charge in [-0.1, -0.05) is 6.07 Å². The molecule has 0 spiro atoms. The van der Waals surface area contributed by atoms with Crippen LogP contribution >= 0.6 is 0 Å². The lowest BCUT2D eigenvalue weighted by Crippen LogP contribution is -2.27. The van der Waals surface area contributed by atoms with Crippen LogP contribution in [0.15, 0.2) is 29.2 Å². The summed E-state index contributed by atoms with van der Waals surface area (Å²) in [4.78, 5) is 21.5. The smallest absolute Gasteiger partial charge is 0.293 e. The number of hydrogen-bond acceptors (Lipinski definition) is 4. The molecule has 6 nitrogen and oxygen atoms in total.